The van der Waals surface area contributed by atoms with Gasteiger partial charge in [-0.2, -0.15) is 5.10 Å². The van der Waals surface area contributed by atoms with Crippen molar-refractivity contribution in [2.45, 2.75) is 4.90 Å². The molecule has 6 heteroatoms. The van der Waals surface area contributed by atoms with Crippen molar-refractivity contribution in [1.29, 1.82) is 0 Å². The van der Waals surface area contributed by atoms with Gasteiger partial charge in [0.2, 0.25) is 4.96 Å². The predicted octanol–water partition coefficient (Wildman–Crippen LogP) is 3.32. The first-order valence-electron chi connectivity index (χ1n) is 4.92. The number of rotatable bonds is 2. The van der Waals surface area contributed by atoms with Crippen LogP contribution in [0.15, 0.2) is 35.5 Å². The Balaban J connectivity index is 2.09. The summed E-state index contributed by atoms with van der Waals surface area (Å²) in [7, 11) is 0. The standard InChI is InChI=1S/C11H8FN3S2/c1-16-9-3-2-7(6-8(9)12)10-14-15-5-4-13-11(15)17-10/h2-6H,1H3. The number of thioether (sulfide) groups is 1. The highest BCUT2D eigenvalue weighted by Gasteiger charge is 2.09. The van der Waals surface area contributed by atoms with E-state index in [0.29, 0.717) is 4.90 Å². The molecule has 3 aromatic rings. The van der Waals surface area contributed by atoms with E-state index in [4.69, 9.17) is 0 Å². The fourth-order valence-corrected chi connectivity index (χ4v) is 2.87. The van der Waals surface area contributed by atoms with Crippen LogP contribution in [0.1, 0.15) is 0 Å². The Labute approximate surface area is 105 Å². The van der Waals surface area contributed by atoms with Gasteiger partial charge in [-0.25, -0.2) is 13.9 Å². The van der Waals surface area contributed by atoms with Crippen LogP contribution in [0.4, 0.5) is 4.39 Å². The lowest BCUT2D eigenvalue weighted by molar-refractivity contribution is 0.602. The molecule has 0 saturated carbocycles. The van der Waals surface area contributed by atoms with Gasteiger partial charge in [0, 0.05) is 16.7 Å². The van der Waals surface area contributed by atoms with Crippen molar-refractivity contribution in [1.82, 2.24) is 14.6 Å². The molecule has 0 aliphatic carbocycles. The van der Waals surface area contributed by atoms with Gasteiger partial charge < -0.3 is 0 Å². The van der Waals surface area contributed by atoms with Gasteiger partial charge in [0.1, 0.15) is 10.8 Å². The average molecular weight is 265 g/mol. The Morgan fingerprint density at radius 2 is 2.29 bits per heavy atom. The SMILES string of the molecule is CSc1ccc(-c2nn3ccnc3s2)cc1F. The van der Waals surface area contributed by atoms with Crippen molar-refractivity contribution in [2.75, 3.05) is 6.26 Å². The van der Waals surface area contributed by atoms with Gasteiger partial charge in [-0.3, -0.25) is 0 Å². The second-order valence-electron chi connectivity index (χ2n) is 3.41. The van der Waals surface area contributed by atoms with E-state index in [1.54, 1.807) is 23.0 Å². The maximum atomic E-state index is 13.7. The average Bonchev–Trinajstić information content (AvgIpc) is 2.88. The van der Waals surface area contributed by atoms with Crippen molar-refractivity contribution >= 4 is 28.1 Å². The van der Waals surface area contributed by atoms with E-state index in [-0.39, 0.29) is 5.82 Å². The zero-order valence-electron chi connectivity index (χ0n) is 8.92. The fourth-order valence-electron chi connectivity index (χ4n) is 1.55. The summed E-state index contributed by atoms with van der Waals surface area (Å²) >= 11 is 2.84. The summed E-state index contributed by atoms with van der Waals surface area (Å²) < 4.78 is 15.3. The number of halogens is 1. The molecule has 0 spiro atoms. The molecular weight excluding hydrogens is 257 g/mol. The van der Waals surface area contributed by atoms with Crippen LogP contribution in [-0.4, -0.2) is 20.9 Å². The molecule has 17 heavy (non-hydrogen) atoms. The third-order valence-corrected chi connectivity index (χ3v) is 4.13. The Bertz CT molecular complexity index is 646. The van der Waals surface area contributed by atoms with Gasteiger partial charge in [0.05, 0.1) is 6.20 Å². The number of hydrogen-bond donors (Lipinski definition) is 0. The smallest absolute Gasteiger partial charge is 0.212 e. The van der Waals surface area contributed by atoms with Crippen molar-refractivity contribution < 1.29 is 4.39 Å². The second kappa shape index (κ2) is 4.12. The summed E-state index contributed by atoms with van der Waals surface area (Å²) in [6, 6.07) is 5.18. The Morgan fingerprint density at radius 1 is 1.41 bits per heavy atom. The van der Waals surface area contributed by atoms with Crippen LogP contribution in [0.2, 0.25) is 0 Å². The summed E-state index contributed by atoms with van der Waals surface area (Å²) in [6.07, 6.45) is 5.33. The Kier molecular flexibility index (Phi) is 2.60. The first-order chi connectivity index (χ1) is 8.28. The third-order valence-electron chi connectivity index (χ3n) is 2.37. The molecule has 0 saturated heterocycles. The van der Waals surface area contributed by atoms with Crippen LogP contribution in [0, 0.1) is 5.82 Å². The lowest BCUT2D eigenvalue weighted by Gasteiger charge is -2.00. The van der Waals surface area contributed by atoms with Crippen LogP contribution in [-0.2, 0) is 0 Å². The van der Waals surface area contributed by atoms with Gasteiger partial charge in [-0.15, -0.1) is 11.8 Å². The van der Waals surface area contributed by atoms with Crippen molar-refractivity contribution in [3.63, 3.8) is 0 Å². The maximum Gasteiger partial charge on any atom is 0.212 e. The molecule has 1 aromatic carbocycles. The van der Waals surface area contributed by atoms with Gasteiger partial charge in [-0.1, -0.05) is 17.4 Å². The largest absolute Gasteiger partial charge is 0.226 e. The lowest BCUT2D eigenvalue weighted by Crippen LogP contribution is -1.85. The van der Waals surface area contributed by atoms with Crippen LogP contribution >= 0.6 is 23.1 Å². The Hall–Kier alpha value is -1.40. The molecule has 0 aliphatic rings. The number of benzene rings is 1. The number of fused-ring (bicyclic) bond motifs is 1. The van der Waals surface area contributed by atoms with Crippen molar-refractivity contribution in [3.05, 3.63) is 36.4 Å². The van der Waals surface area contributed by atoms with E-state index >= 15 is 0 Å². The molecule has 0 N–H and O–H groups in total. The van der Waals surface area contributed by atoms with Gasteiger partial charge in [0.15, 0.2) is 0 Å². The maximum absolute atomic E-state index is 13.7. The van der Waals surface area contributed by atoms with Crippen molar-refractivity contribution in [3.8, 4) is 10.6 Å². The molecule has 2 heterocycles. The van der Waals surface area contributed by atoms with Crippen LogP contribution in [0.5, 0.6) is 0 Å². The van der Waals surface area contributed by atoms with E-state index in [1.807, 2.05) is 12.3 Å². The molecule has 3 nitrogen and oxygen atoms in total. The van der Waals surface area contributed by atoms with E-state index in [1.165, 1.54) is 29.2 Å². The molecular formula is C11H8FN3S2. The second-order valence-corrected chi connectivity index (χ2v) is 5.21. The highest BCUT2D eigenvalue weighted by Crippen LogP contribution is 2.28. The normalized spacial score (nSPS) is 11.2. The molecule has 0 atom stereocenters. The number of nitrogens with zero attached hydrogens (tertiary/aromatic N) is 3. The first kappa shape index (κ1) is 10.7. The van der Waals surface area contributed by atoms with E-state index in [0.717, 1.165) is 15.5 Å². The van der Waals surface area contributed by atoms with Gasteiger partial charge in [-0.05, 0) is 18.4 Å². The number of imidazole rings is 1. The fraction of sp³-hybridized carbons (Fsp3) is 0.0909. The van der Waals surface area contributed by atoms with Crippen LogP contribution < -0.4 is 0 Å². The zero-order chi connectivity index (χ0) is 11.8. The van der Waals surface area contributed by atoms with Crippen LogP contribution in [0.25, 0.3) is 15.5 Å². The van der Waals surface area contributed by atoms with Gasteiger partial charge >= 0.3 is 0 Å². The summed E-state index contributed by atoms with van der Waals surface area (Å²) in [5, 5.41) is 5.12. The zero-order valence-corrected chi connectivity index (χ0v) is 10.6. The summed E-state index contributed by atoms with van der Waals surface area (Å²) in [5.74, 6) is -0.206. The highest BCUT2D eigenvalue weighted by molar-refractivity contribution is 7.98. The highest BCUT2D eigenvalue weighted by atomic mass is 32.2. The molecule has 0 unspecified atom stereocenters. The molecule has 86 valence electrons. The number of hydrogen-bond acceptors (Lipinski definition) is 4. The monoisotopic (exact) mass is 265 g/mol. The summed E-state index contributed by atoms with van der Waals surface area (Å²) in [4.78, 5) is 5.60. The molecule has 0 amide bonds. The first-order valence-corrected chi connectivity index (χ1v) is 6.96. The molecule has 0 fully saturated rings. The topological polar surface area (TPSA) is 30.2 Å². The lowest BCUT2D eigenvalue weighted by atomic mass is 10.2. The molecule has 0 radical (unpaired) electrons. The third kappa shape index (κ3) is 1.83. The summed E-state index contributed by atoms with van der Waals surface area (Å²) in [5.41, 5.74) is 0.788. The molecule has 0 bridgehead atoms. The number of aromatic nitrogens is 3. The molecule has 2 aromatic heterocycles. The quantitative estimate of drug-likeness (QED) is 0.666. The van der Waals surface area contributed by atoms with E-state index in [9.17, 15) is 4.39 Å². The molecule has 0 aliphatic heterocycles. The van der Waals surface area contributed by atoms with E-state index in [2.05, 4.69) is 10.1 Å². The van der Waals surface area contributed by atoms with E-state index < -0.39 is 0 Å². The van der Waals surface area contributed by atoms with Gasteiger partial charge in [0.25, 0.3) is 0 Å². The van der Waals surface area contributed by atoms with Crippen molar-refractivity contribution in [2.24, 2.45) is 0 Å². The van der Waals surface area contributed by atoms with Crippen LogP contribution in [0.3, 0.4) is 0 Å². The predicted molar refractivity (Wildman–Crippen MR) is 68.0 cm³/mol. The Morgan fingerprint density at radius 3 is 3.00 bits per heavy atom. The minimum absolute atomic E-state index is 0.206. The minimum atomic E-state index is -0.206. The minimum Gasteiger partial charge on any atom is -0.226 e. The molecule has 3 rings (SSSR count). The summed E-state index contributed by atoms with van der Waals surface area (Å²) in [6.45, 7) is 0.